The zero-order valence-corrected chi connectivity index (χ0v) is 18.3. The van der Waals surface area contributed by atoms with Crippen LogP contribution in [0.1, 0.15) is 31.4 Å². The molecule has 0 spiro atoms. The summed E-state index contributed by atoms with van der Waals surface area (Å²) in [6, 6.07) is 16.9. The average Bonchev–Trinajstić information content (AvgIpc) is 3.11. The minimum absolute atomic E-state index is 0.229. The van der Waals surface area contributed by atoms with Gasteiger partial charge in [0, 0.05) is 23.4 Å². The minimum atomic E-state index is -0.923. The van der Waals surface area contributed by atoms with Crippen LogP contribution in [0.4, 0.5) is 4.39 Å². The molecule has 1 aliphatic carbocycles. The van der Waals surface area contributed by atoms with Crippen molar-refractivity contribution >= 4 is 5.97 Å². The van der Waals surface area contributed by atoms with Gasteiger partial charge in [0.25, 0.3) is 0 Å². The van der Waals surface area contributed by atoms with Crippen molar-refractivity contribution in [1.29, 1.82) is 0 Å². The lowest BCUT2D eigenvalue weighted by atomic mass is 9.82. The Hall–Kier alpha value is -2.99. The number of aliphatic carboxylic acids is 1. The summed E-state index contributed by atoms with van der Waals surface area (Å²) in [4.78, 5) is 10.6. The van der Waals surface area contributed by atoms with Crippen LogP contribution in [-0.2, 0) is 16.1 Å². The van der Waals surface area contributed by atoms with E-state index in [2.05, 4.69) is 6.92 Å². The average molecular weight is 437 g/mol. The molecule has 1 fully saturated rings. The number of carboxylic acids is 1. The second kappa shape index (κ2) is 10.1. The molecule has 2 aromatic carbocycles. The van der Waals surface area contributed by atoms with Crippen LogP contribution in [0.5, 0.6) is 0 Å². The van der Waals surface area contributed by atoms with Crippen molar-refractivity contribution in [1.82, 2.24) is 9.78 Å². The normalized spacial score (nSPS) is 18.6. The van der Waals surface area contributed by atoms with Crippen LogP contribution in [0.2, 0.25) is 0 Å². The largest absolute Gasteiger partial charge is 0.480 e. The van der Waals surface area contributed by atoms with Gasteiger partial charge in [-0.25, -0.2) is 9.18 Å². The Morgan fingerprint density at radius 1 is 1.06 bits per heavy atom. The molecular formula is C26H29FN2O3. The van der Waals surface area contributed by atoms with E-state index in [9.17, 15) is 9.18 Å². The van der Waals surface area contributed by atoms with Gasteiger partial charge in [-0.2, -0.15) is 5.10 Å². The molecule has 3 aromatic rings. The highest BCUT2D eigenvalue weighted by Crippen LogP contribution is 2.37. The number of aromatic nitrogens is 2. The minimum Gasteiger partial charge on any atom is -0.480 e. The van der Waals surface area contributed by atoms with Crippen LogP contribution in [0.3, 0.4) is 0 Å². The number of rotatable bonds is 8. The number of hydrogen-bond donors (Lipinski definition) is 1. The third-order valence-electron chi connectivity index (χ3n) is 6.37. The van der Waals surface area contributed by atoms with Crippen LogP contribution in [0, 0.1) is 24.6 Å². The maximum atomic E-state index is 14.7. The summed E-state index contributed by atoms with van der Waals surface area (Å²) in [6.45, 7) is 3.14. The first-order valence-corrected chi connectivity index (χ1v) is 11.2. The van der Waals surface area contributed by atoms with Crippen LogP contribution in [0.15, 0.2) is 54.6 Å². The Morgan fingerprint density at radius 2 is 1.72 bits per heavy atom. The summed E-state index contributed by atoms with van der Waals surface area (Å²) in [5, 5.41) is 13.6. The summed E-state index contributed by atoms with van der Waals surface area (Å²) in [5.74, 6) is -0.288. The fourth-order valence-electron chi connectivity index (χ4n) is 4.65. The molecule has 0 radical (unpaired) electrons. The molecule has 32 heavy (non-hydrogen) atoms. The predicted molar refractivity (Wildman–Crippen MR) is 122 cm³/mol. The molecule has 168 valence electrons. The zero-order chi connectivity index (χ0) is 22.5. The second-order valence-corrected chi connectivity index (χ2v) is 8.63. The summed E-state index contributed by atoms with van der Waals surface area (Å²) in [7, 11) is 0. The smallest absolute Gasteiger partial charge is 0.329 e. The lowest BCUT2D eigenvalue weighted by Crippen LogP contribution is -2.23. The van der Waals surface area contributed by atoms with Gasteiger partial charge in [-0.05, 0) is 62.1 Å². The first kappa shape index (κ1) is 22.2. The van der Waals surface area contributed by atoms with Crippen molar-refractivity contribution in [2.75, 3.05) is 13.2 Å². The Labute approximate surface area is 187 Å². The van der Waals surface area contributed by atoms with Gasteiger partial charge in [-0.3, -0.25) is 4.68 Å². The van der Waals surface area contributed by atoms with Crippen LogP contribution in [0.25, 0.3) is 22.4 Å². The molecule has 0 saturated heterocycles. The van der Waals surface area contributed by atoms with Gasteiger partial charge in [-0.1, -0.05) is 42.5 Å². The van der Waals surface area contributed by atoms with Crippen LogP contribution in [-0.4, -0.2) is 34.1 Å². The Kier molecular flexibility index (Phi) is 7.00. The Bertz CT molecular complexity index is 1060. The molecule has 5 nitrogen and oxygen atoms in total. The number of halogens is 1. The van der Waals surface area contributed by atoms with Gasteiger partial charge in [0.2, 0.25) is 0 Å². The second-order valence-electron chi connectivity index (χ2n) is 8.63. The third kappa shape index (κ3) is 5.07. The molecule has 0 bridgehead atoms. The van der Waals surface area contributed by atoms with E-state index in [4.69, 9.17) is 14.9 Å². The van der Waals surface area contributed by atoms with Gasteiger partial charge < -0.3 is 9.84 Å². The predicted octanol–water partition coefficient (Wildman–Crippen LogP) is 5.57. The lowest BCUT2D eigenvalue weighted by molar-refractivity contribution is -0.142. The van der Waals surface area contributed by atoms with E-state index >= 15 is 0 Å². The third-order valence-corrected chi connectivity index (χ3v) is 6.37. The van der Waals surface area contributed by atoms with Crippen molar-refractivity contribution in [3.8, 4) is 22.4 Å². The molecule has 1 saturated carbocycles. The number of carboxylic acid groups (broad SMARTS) is 1. The monoisotopic (exact) mass is 436 g/mol. The highest BCUT2D eigenvalue weighted by molar-refractivity contribution is 5.82. The topological polar surface area (TPSA) is 64.4 Å². The summed E-state index contributed by atoms with van der Waals surface area (Å²) < 4.78 is 22.0. The van der Waals surface area contributed by atoms with E-state index in [1.165, 1.54) is 6.07 Å². The van der Waals surface area contributed by atoms with E-state index in [0.29, 0.717) is 29.7 Å². The Morgan fingerprint density at radius 3 is 2.41 bits per heavy atom. The van der Waals surface area contributed by atoms with E-state index in [-0.39, 0.29) is 12.4 Å². The summed E-state index contributed by atoms with van der Waals surface area (Å²) in [6.07, 6.45) is 4.15. The highest BCUT2D eigenvalue weighted by atomic mass is 19.1. The van der Waals surface area contributed by atoms with Crippen LogP contribution < -0.4 is 0 Å². The van der Waals surface area contributed by atoms with Gasteiger partial charge in [0.05, 0.1) is 6.61 Å². The molecule has 1 aliphatic rings. The molecule has 1 heterocycles. The Balaban J connectivity index is 1.53. The van der Waals surface area contributed by atoms with Crippen molar-refractivity contribution < 1.29 is 19.0 Å². The van der Waals surface area contributed by atoms with Gasteiger partial charge >= 0.3 is 5.97 Å². The maximum Gasteiger partial charge on any atom is 0.329 e. The van der Waals surface area contributed by atoms with Crippen molar-refractivity contribution in [2.24, 2.45) is 11.8 Å². The lowest BCUT2D eigenvalue weighted by Gasteiger charge is -2.28. The molecule has 4 rings (SSSR count). The van der Waals surface area contributed by atoms with E-state index in [1.54, 1.807) is 12.1 Å². The number of ether oxygens (including phenoxy) is 1. The molecule has 0 amide bonds. The quantitative estimate of drug-likeness (QED) is 0.501. The SMILES string of the molecule is Cc1c(-c2ccccc2)c(-c2ccccc2F)nn1C[C@H]1CC[C@@H](COCC(=O)O)CC1. The number of carbonyl (C=O) groups is 1. The molecule has 0 unspecified atom stereocenters. The summed E-state index contributed by atoms with van der Waals surface area (Å²) in [5.41, 5.74) is 4.26. The van der Waals surface area contributed by atoms with E-state index in [0.717, 1.165) is 49.0 Å². The van der Waals surface area contributed by atoms with E-state index < -0.39 is 5.97 Å². The first-order valence-electron chi connectivity index (χ1n) is 11.2. The molecule has 0 aliphatic heterocycles. The fraction of sp³-hybridized carbons (Fsp3) is 0.385. The fourth-order valence-corrected chi connectivity index (χ4v) is 4.65. The standard InChI is InChI=1S/C26H29FN2O3/c1-18-25(21-7-3-2-4-8-21)26(22-9-5-6-10-23(22)27)28-29(18)15-19-11-13-20(14-12-19)16-32-17-24(30)31/h2-10,19-20H,11-17H2,1H3,(H,30,31)/t19-,20+. The molecular weight excluding hydrogens is 407 g/mol. The molecule has 6 heteroatoms. The van der Waals surface area contributed by atoms with Gasteiger partial charge in [0.1, 0.15) is 18.1 Å². The van der Waals surface area contributed by atoms with E-state index in [1.807, 2.05) is 41.1 Å². The summed E-state index contributed by atoms with van der Waals surface area (Å²) >= 11 is 0. The van der Waals surface area contributed by atoms with Gasteiger partial charge in [0.15, 0.2) is 0 Å². The zero-order valence-electron chi connectivity index (χ0n) is 18.3. The van der Waals surface area contributed by atoms with Crippen molar-refractivity contribution in [3.63, 3.8) is 0 Å². The first-order chi connectivity index (χ1) is 15.5. The molecule has 1 aromatic heterocycles. The maximum absolute atomic E-state index is 14.7. The number of nitrogens with zero attached hydrogens (tertiary/aromatic N) is 2. The van der Waals surface area contributed by atoms with Gasteiger partial charge in [-0.15, -0.1) is 0 Å². The van der Waals surface area contributed by atoms with Crippen molar-refractivity contribution in [3.05, 3.63) is 66.1 Å². The van der Waals surface area contributed by atoms with Crippen molar-refractivity contribution in [2.45, 2.75) is 39.2 Å². The van der Waals surface area contributed by atoms with Crippen LogP contribution >= 0.6 is 0 Å². The molecule has 1 N–H and O–H groups in total. The molecule has 0 atom stereocenters. The number of benzene rings is 2. The number of hydrogen-bond acceptors (Lipinski definition) is 3. The highest BCUT2D eigenvalue weighted by Gasteiger charge is 2.25.